The van der Waals surface area contributed by atoms with Crippen molar-refractivity contribution in [3.8, 4) is 11.5 Å². The van der Waals surface area contributed by atoms with Crippen LogP contribution in [0.4, 0.5) is 8.39 Å². The summed E-state index contributed by atoms with van der Waals surface area (Å²) < 4.78 is 38.2. The van der Waals surface area contributed by atoms with Crippen molar-refractivity contribution < 1.29 is 27.2 Å². The van der Waals surface area contributed by atoms with E-state index in [4.69, 9.17) is 9.05 Å². The zero-order valence-corrected chi connectivity index (χ0v) is 22.6. The Bertz CT molecular complexity index is 887. The average molecular weight is 501 g/mol. The Morgan fingerprint density at radius 2 is 1.03 bits per heavy atom. The zero-order chi connectivity index (χ0) is 25.1. The van der Waals surface area contributed by atoms with Crippen molar-refractivity contribution in [1.29, 1.82) is 0 Å². The minimum atomic E-state index is -3.13. The van der Waals surface area contributed by atoms with E-state index >= 15 is 0 Å². The Hall–Kier alpha value is -1.32. The van der Waals surface area contributed by atoms with Crippen molar-refractivity contribution in [2.75, 3.05) is 0 Å². The van der Waals surface area contributed by atoms with E-state index in [1.165, 1.54) is 0 Å². The van der Waals surface area contributed by atoms with Crippen molar-refractivity contribution >= 4 is 17.4 Å². The van der Waals surface area contributed by atoms with Gasteiger partial charge in [-0.05, 0) is 45.9 Å². The SMILES string of the molecule is CCc1cc(Cc2cc(CC)cc(C(C)(C)C)c2OP(O)F)c(OP(O)F)c(C(C)(C)C)c1. The number of halogens is 2. The van der Waals surface area contributed by atoms with E-state index in [0.29, 0.717) is 22.6 Å². The molecule has 0 amide bonds. The van der Waals surface area contributed by atoms with Crippen LogP contribution in [-0.4, -0.2) is 9.79 Å². The van der Waals surface area contributed by atoms with E-state index in [1.807, 2.05) is 79.7 Å². The normalized spacial score (nSPS) is 14.2. The summed E-state index contributed by atoms with van der Waals surface area (Å²) in [5.74, 6) is 0.597. The standard InChI is InChI=1S/C25H36F2O4P2/c1-9-16-11-18(22(30-32(26)28)20(13-16)24(3,4)5)15-19-12-17(10-2)14-21(25(6,7)8)23(19)31-33(27)29/h11-14,28-29H,9-10,15H2,1-8H3. The summed E-state index contributed by atoms with van der Waals surface area (Å²) in [5, 5.41) is 0. The minimum Gasteiger partial charge on any atom is -0.423 e. The summed E-state index contributed by atoms with van der Waals surface area (Å²) in [5.41, 5.74) is 4.30. The van der Waals surface area contributed by atoms with Crippen LogP contribution in [-0.2, 0) is 30.1 Å². The minimum absolute atomic E-state index is 0.269. The summed E-state index contributed by atoms with van der Waals surface area (Å²) in [6.45, 7) is 16.1. The van der Waals surface area contributed by atoms with E-state index in [0.717, 1.165) is 35.1 Å². The molecule has 2 aromatic rings. The van der Waals surface area contributed by atoms with Gasteiger partial charge in [-0.25, -0.2) is 0 Å². The molecular formula is C25H36F2O4P2. The van der Waals surface area contributed by atoms with E-state index < -0.39 is 17.4 Å². The van der Waals surface area contributed by atoms with Crippen LogP contribution in [0.3, 0.4) is 0 Å². The van der Waals surface area contributed by atoms with Crippen LogP contribution in [0.5, 0.6) is 11.5 Å². The van der Waals surface area contributed by atoms with Crippen molar-refractivity contribution in [3.05, 3.63) is 57.6 Å². The van der Waals surface area contributed by atoms with Gasteiger partial charge in [0, 0.05) is 17.5 Å². The van der Waals surface area contributed by atoms with Gasteiger partial charge in [0.15, 0.2) is 0 Å². The van der Waals surface area contributed by atoms with Crippen LogP contribution >= 0.6 is 17.4 Å². The molecule has 0 heterocycles. The molecule has 2 N–H and O–H groups in total. The predicted molar refractivity (Wildman–Crippen MR) is 134 cm³/mol. The number of aryl methyl sites for hydroxylation is 2. The molecule has 0 bridgehead atoms. The number of hydrogen-bond donors (Lipinski definition) is 2. The van der Waals surface area contributed by atoms with Gasteiger partial charge in [-0.2, -0.15) is 0 Å². The van der Waals surface area contributed by atoms with E-state index in [-0.39, 0.29) is 17.3 Å². The Balaban J connectivity index is 2.82. The molecule has 8 heteroatoms. The monoisotopic (exact) mass is 500 g/mol. The molecule has 0 radical (unpaired) electrons. The van der Waals surface area contributed by atoms with E-state index in [2.05, 4.69) is 0 Å². The molecule has 33 heavy (non-hydrogen) atoms. The molecule has 0 spiro atoms. The predicted octanol–water partition coefficient (Wildman–Crippen LogP) is 8.13. The summed E-state index contributed by atoms with van der Waals surface area (Å²) in [6.07, 6.45) is 1.79. The number of hydrogen-bond acceptors (Lipinski definition) is 4. The van der Waals surface area contributed by atoms with Gasteiger partial charge in [-0.3, -0.25) is 0 Å². The molecule has 0 saturated heterocycles. The van der Waals surface area contributed by atoms with E-state index in [1.54, 1.807) is 0 Å². The molecule has 0 aliphatic carbocycles. The first-order chi connectivity index (χ1) is 15.2. The number of rotatable bonds is 8. The molecular weight excluding hydrogens is 464 g/mol. The molecule has 2 unspecified atom stereocenters. The second-order valence-corrected chi connectivity index (χ2v) is 11.6. The fraction of sp³-hybridized carbons (Fsp3) is 0.520. The van der Waals surface area contributed by atoms with Gasteiger partial charge in [0.2, 0.25) is 0 Å². The van der Waals surface area contributed by atoms with Gasteiger partial charge >= 0.3 is 17.4 Å². The molecule has 2 rings (SSSR count). The molecule has 0 fully saturated rings. The Labute approximate surface area is 199 Å². The Kier molecular flexibility index (Phi) is 9.26. The van der Waals surface area contributed by atoms with Crippen LogP contribution in [0.25, 0.3) is 0 Å². The molecule has 0 aliphatic rings. The highest BCUT2D eigenvalue weighted by Crippen LogP contribution is 2.47. The van der Waals surface area contributed by atoms with Crippen molar-refractivity contribution in [3.63, 3.8) is 0 Å². The van der Waals surface area contributed by atoms with Gasteiger partial charge in [0.1, 0.15) is 11.5 Å². The highest BCUT2D eigenvalue weighted by atomic mass is 31.2. The third-order valence-electron chi connectivity index (χ3n) is 5.60. The Morgan fingerprint density at radius 1 is 0.697 bits per heavy atom. The van der Waals surface area contributed by atoms with Gasteiger partial charge in [0.05, 0.1) is 0 Å². The summed E-state index contributed by atoms with van der Waals surface area (Å²) in [7, 11) is -6.26. The third kappa shape index (κ3) is 7.33. The highest BCUT2D eigenvalue weighted by molar-refractivity contribution is 7.40. The second-order valence-electron chi connectivity index (χ2n) is 10.3. The highest BCUT2D eigenvalue weighted by Gasteiger charge is 2.28. The van der Waals surface area contributed by atoms with Crippen molar-refractivity contribution in [1.82, 2.24) is 0 Å². The van der Waals surface area contributed by atoms with E-state index in [9.17, 15) is 18.2 Å². The van der Waals surface area contributed by atoms with Gasteiger partial charge in [-0.1, -0.05) is 79.7 Å². The lowest BCUT2D eigenvalue weighted by molar-refractivity contribution is 0.419. The quantitative estimate of drug-likeness (QED) is 0.359. The molecule has 0 aromatic heterocycles. The number of benzene rings is 2. The first kappa shape index (κ1) is 27.9. The van der Waals surface area contributed by atoms with Crippen LogP contribution in [0, 0.1) is 0 Å². The maximum atomic E-state index is 13.7. The van der Waals surface area contributed by atoms with Gasteiger partial charge < -0.3 is 18.8 Å². The smallest absolute Gasteiger partial charge is 0.423 e. The lowest BCUT2D eigenvalue weighted by Gasteiger charge is -2.28. The first-order valence-corrected chi connectivity index (χ1v) is 13.4. The largest absolute Gasteiger partial charge is 0.436 e. The second kappa shape index (κ2) is 11.0. The first-order valence-electron chi connectivity index (χ1n) is 11.1. The zero-order valence-electron chi connectivity index (χ0n) is 20.8. The van der Waals surface area contributed by atoms with Crippen LogP contribution in [0.1, 0.15) is 88.8 Å². The summed E-state index contributed by atoms with van der Waals surface area (Å²) in [6, 6.07) is 7.82. The topological polar surface area (TPSA) is 58.9 Å². The molecule has 184 valence electrons. The molecule has 2 aromatic carbocycles. The molecule has 4 nitrogen and oxygen atoms in total. The molecule has 2 atom stereocenters. The Morgan fingerprint density at radius 3 is 1.27 bits per heavy atom. The summed E-state index contributed by atoms with van der Waals surface area (Å²) in [4.78, 5) is 19.0. The third-order valence-corrected chi connectivity index (χ3v) is 6.26. The van der Waals surface area contributed by atoms with Crippen LogP contribution in [0.15, 0.2) is 24.3 Å². The van der Waals surface area contributed by atoms with Crippen molar-refractivity contribution in [2.45, 2.75) is 85.5 Å². The van der Waals surface area contributed by atoms with Crippen LogP contribution in [0.2, 0.25) is 0 Å². The lowest BCUT2D eigenvalue weighted by atomic mass is 9.81. The maximum absolute atomic E-state index is 13.7. The summed E-state index contributed by atoms with van der Waals surface area (Å²) >= 11 is 0. The van der Waals surface area contributed by atoms with Gasteiger partial charge in [-0.15, -0.1) is 8.39 Å². The molecule has 0 saturated carbocycles. The average Bonchev–Trinajstić information content (AvgIpc) is 2.67. The fourth-order valence-electron chi connectivity index (χ4n) is 3.87. The van der Waals surface area contributed by atoms with Crippen molar-refractivity contribution in [2.24, 2.45) is 0 Å². The lowest BCUT2D eigenvalue weighted by Crippen LogP contribution is -2.16. The van der Waals surface area contributed by atoms with Gasteiger partial charge in [0.25, 0.3) is 0 Å². The van der Waals surface area contributed by atoms with Crippen LogP contribution < -0.4 is 9.05 Å². The fourth-order valence-corrected chi connectivity index (χ4v) is 4.60. The maximum Gasteiger partial charge on any atom is 0.436 e. The molecule has 0 aliphatic heterocycles.